The third kappa shape index (κ3) is 2.47. The van der Waals surface area contributed by atoms with Crippen LogP contribution in [0.2, 0.25) is 0 Å². The lowest BCUT2D eigenvalue weighted by Gasteiger charge is -2.31. The Kier molecular flexibility index (Phi) is 4.15. The van der Waals surface area contributed by atoms with Gasteiger partial charge in [-0.2, -0.15) is 11.3 Å². The molecule has 0 atom stereocenters. The van der Waals surface area contributed by atoms with Crippen molar-refractivity contribution in [2.45, 2.75) is 19.4 Å². The van der Waals surface area contributed by atoms with Gasteiger partial charge in [0.15, 0.2) is 0 Å². The molecule has 2 aromatic rings. The van der Waals surface area contributed by atoms with E-state index in [0.717, 1.165) is 25.2 Å². The van der Waals surface area contributed by atoms with Gasteiger partial charge in [0.2, 0.25) is 0 Å². The van der Waals surface area contributed by atoms with Crippen LogP contribution < -0.4 is 10.6 Å². The molecule has 1 aromatic carbocycles. The second-order valence-electron chi connectivity index (χ2n) is 4.50. The molecule has 0 fully saturated rings. The summed E-state index contributed by atoms with van der Waals surface area (Å²) in [6, 6.07) is 8.45. The number of nitrogen functional groups attached to an aromatic ring is 1. The average Bonchev–Trinajstić information content (AvgIpc) is 2.83. The topological polar surface area (TPSA) is 29.3 Å². The summed E-state index contributed by atoms with van der Waals surface area (Å²) in [6.07, 6.45) is 2.31. The Morgan fingerprint density at radius 1 is 1.28 bits per heavy atom. The molecule has 0 unspecified atom stereocenters. The molecule has 0 amide bonds. The Labute approximate surface area is 118 Å². The SMILES string of the molecule is Cl.Nc1cccc2c1CCCN2Cc1ccsc1. The fourth-order valence-electron chi connectivity index (χ4n) is 2.50. The predicted molar refractivity (Wildman–Crippen MR) is 81.8 cm³/mol. The maximum Gasteiger partial charge on any atom is 0.0437 e. The van der Waals surface area contributed by atoms with Gasteiger partial charge in [-0.1, -0.05) is 6.07 Å². The van der Waals surface area contributed by atoms with Crippen molar-refractivity contribution in [3.05, 3.63) is 46.2 Å². The zero-order chi connectivity index (χ0) is 11.7. The molecule has 18 heavy (non-hydrogen) atoms. The number of nitrogens with two attached hydrogens (primary N) is 1. The number of hydrogen-bond acceptors (Lipinski definition) is 3. The lowest BCUT2D eigenvalue weighted by atomic mass is 9.99. The van der Waals surface area contributed by atoms with Gasteiger partial charge in [-0.3, -0.25) is 0 Å². The third-order valence-corrected chi connectivity index (χ3v) is 4.07. The quantitative estimate of drug-likeness (QED) is 0.850. The molecule has 2 nitrogen and oxygen atoms in total. The van der Waals surface area contributed by atoms with E-state index in [-0.39, 0.29) is 12.4 Å². The second-order valence-corrected chi connectivity index (χ2v) is 5.28. The van der Waals surface area contributed by atoms with Gasteiger partial charge in [0.05, 0.1) is 0 Å². The molecule has 0 saturated carbocycles. The first-order valence-electron chi connectivity index (χ1n) is 5.98. The lowest BCUT2D eigenvalue weighted by Crippen LogP contribution is -2.29. The highest BCUT2D eigenvalue weighted by Crippen LogP contribution is 2.32. The van der Waals surface area contributed by atoms with Crippen molar-refractivity contribution < 1.29 is 0 Å². The van der Waals surface area contributed by atoms with Crippen LogP contribution in [0.25, 0.3) is 0 Å². The smallest absolute Gasteiger partial charge is 0.0437 e. The van der Waals surface area contributed by atoms with E-state index in [0.29, 0.717) is 0 Å². The summed E-state index contributed by atoms with van der Waals surface area (Å²) >= 11 is 1.76. The van der Waals surface area contributed by atoms with E-state index in [4.69, 9.17) is 5.73 Å². The van der Waals surface area contributed by atoms with Crippen molar-refractivity contribution in [1.82, 2.24) is 0 Å². The molecular weight excluding hydrogens is 264 g/mol. The van der Waals surface area contributed by atoms with Crippen LogP contribution in [0.1, 0.15) is 17.5 Å². The highest BCUT2D eigenvalue weighted by atomic mass is 35.5. The summed E-state index contributed by atoms with van der Waals surface area (Å²) in [6.45, 7) is 2.13. The maximum absolute atomic E-state index is 6.05. The molecule has 4 heteroatoms. The normalized spacial score (nSPS) is 13.9. The molecule has 3 rings (SSSR count). The summed E-state index contributed by atoms with van der Waals surface area (Å²) in [5.74, 6) is 0. The number of rotatable bonds is 2. The third-order valence-electron chi connectivity index (χ3n) is 3.34. The molecule has 0 radical (unpaired) electrons. The van der Waals surface area contributed by atoms with E-state index in [1.165, 1.54) is 23.2 Å². The molecule has 1 aromatic heterocycles. The van der Waals surface area contributed by atoms with Crippen molar-refractivity contribution in [2.75, 3.05) is 17.2 Å². The first kappa shape index (κ1) is 13.2. The van der Waals surface area contributed by atoms with E-state index in [1.54, 1.807) is 11.3 Å². The van der Waals surface area contributed by atoms with E-state index in [2.05, 4.69) is 33.9 Å². The molecule has 0 saturated heterocycles. The maximum atomic E-state index is 6.05. The van der Waals surface area contributed by atoms with Crippen LogP contribution in [-0.2, 0) is 13.0 Å². The van der Waals surface area contributed by atoms with E-state index >= 15 is 0 Å². The Morgan fingerprint density at radius 3 is 2.94 bits per heavy atom. The fourth-order valence-corrected chi connectivity index (χ4v) is 3.15. The van der Waals surface area contributed by atoms with Crippen molar-refractivity contribution in [1.29, 1.82) is 0 Å². The van der Waals surface area contributed by atoms with Crippen LogP contribution in [0.5, 0.6) is 0 Å². The first-order valence-corrected chi connectivity index (χ1v) is 6.92. The minimum atomic E-state index is 0. The number of nitrogens with zero attached hydrogens (tertiary/aromatic N) is 1. The largest absolute Gasteiger partial charge is 0.398 e. The molecule has 0 spiro atoms. The number of benzene rings is 1. The molecular formula is C14H17ClN2S. The van der Waals surface area contributed by atoms with Crippen LogP contribution in [0.15, 0.2) is 35.0 Å². The fraction of sp³-hybridized carbons (Fsp3) is 0.286. The van der Waals surface area contributed by atoms with Crippen LogP contribution in [0.3, 0.4) is 0 Å². The van der Waals surface area contributed by atoms with Crippen molar-refractivity contribution in [3.63, 3.8) is 0 Å². The van der Waals surface area contributed by atoms with Gasteiger partial charge < -0.3 is 10.6 Å². The Hall–Kier alpha value is -1.19. The highest BCUT2D eigenvalue weighted by Gasteiger charge is 2.18. The van der Waals surface area contributed by atoms with Crippen LogP contribution >= 0.6 is 23.7 Å². The number of hydrogen-bond donors (Lipinski definition) is 1. The molecule has 0 bridgehead atoms. The van der Waals surface area contributed by atoms with Crippen LogP contribution in [0, 0.1) is 0 Å². The Balaban J connectivity index is 0.00000120. The van der Waals surface area contributed by atoms with Crippen LogP contribution in [-0.4, -0.2) is 6.54 Å². The summed E-state index contributed by atoms with van der Waals surface area (Å²) in [4.78, 5) is 2.44. The van der Waals surface area contributed by atoms with E-state index in [1.807, 2.05) is 6.07 Å². The molecule has 2 N–H and O–H groups in total. The van der Waals surface area contributed by atoms with Crippen LogP contribution in [0.4, 0.5) is 11.4 Å². The molecule has 2 heterocycles. The zero-order valence-corrected chi connectivity index (χ0v) is 11.8. The molecule has 96 valence electrons. The standard InChI is InChI=1S/C14H16N2S.ClH/c15-13-4-1-5-14-12(13)3-2-7-16(14)9-11-6-8-17-10-11;/h1,4-6,8,10H,2-3,7,9,15H2;1H. The minimum absolute atomic E-state index is 0. The van der Waals surface area contributed by atoms with Crippen molar-refractivity contribution >= 4 is 35.1 Å². The second kappa shape index (κ2) is 5.63. The summed E-state index contributed by atoms with van der Waals surface area (Å²) < 4.78 is 0. The summed E-state index contributed by atoms with van der Waals surface area (Å²) in [5, 5.41) is 4.36. The Bertz CT molecular complexity index is 511. The van der Waals surface area contributed by atoms with Gasteiger partial charge in [0.25, 0.3) is 0 Å². The highest BCUT2D eigenvalue weighted by molar-refractivity contribution is 7.07. The van der Waals surface area contributed by atoms with E-state index in [9.17, 15) is 0 Å². The number of halogens is 1. The van der Waals surface area contributed by atoms with Gasteiger partial charge in [-0.05, 0) is 52.9 Å². The van der Waals surface area contributed by atoms with E-state index < -0.39 is 0 Å². The first-order chi connectivity index (χ1) is 8.34. The summed E-state index contributed by atoms with van der Waals surface area (Å²) in [7, 11) is 0. The van der Waals surface area contributed by atoms with Gasteiger partial charge in [-0.25, -0.2) is 0 Å². The number of anilines is 2. The lowest BCUT2D eigenvalue weighted by molar-refractivity contribution is 0.693. The number of fused-ring (bicyclic) bond motifs is 1. The molecule has 1 aliphatic heterocycles. The van der Waals surface area contributed by atoms with Gasteiger partial charge in [0.1, 0.15) is 0 Å². The summed E-state index contributed by atoms with van der Waals surface area (Å²) in [5.41, 5.74) is 11.0. The van der Waals surface area contributed by atoms with Crippen molar-refractivity contribution in [2.24, 2.45) is 0 Å². The monoisotopic (exact) mass is 280 g/mol. The molecule has 0 aliphatic carbocycles. The zero-order valence-electron chi connectivity index (χ0n) is 10.1. The predicted octanol–water partition coefficient (Wildman–Crippen LogP) is 3.70. The Morgan fingerprint density at radius 2 is 2.17 bits per heavy atom. The van der Waals surface area contributed by atoms with Gasteiger partial charge in [0, 0.05) is 24.5 Å². The van der Waals surface area contributed by atoms with Gasteiger partial charge in [-0.15, -0.1) is 12.4 Å². The van der Waals surface area contributed by atoms with Crippen molar-refractivity contribution in [3.8, 4) is 0 Å². The average molecular weight is 281 g/mol. The minimum Gasteiger partial charge on any atom is -0.398 e. The number of thiophene rings is 1. The molecule has 1 aliphatic rings. The van der Waals surface area contributed by atoms with Gasteiger partial charge >= 0.3 is 0 Å².